The topological polar surface area (TPSA) is 56.1 Å². The third-order valence-corrected chi connectivity index (χ3v) is 8.81. The van der Waals surface area contributed by atoms with Crippen LogP contribution in [0.4, 0.5) is 0 Å². The van der Waals surface area contributed by atoms with Gasteiger partial charge in [0.1, 0.15) is 5.82 Å². The fourth-order valence-electron chi connectivity index (χ4n) is 5.68. The van der Waals surface area contributed by atoms with E-state index in [-0.39, 0.29) is 0 Å². The van der Waals surface area contributed by atoms with Crippen molar-refractivity contribution >= 4 is 11.8 Å². The molecule has 5 rings (SSSR count). The molecule has 2 aromatic rings. The standard InChI is InChI=1S/C26H39N5OS/c1-20-7-5-10-23(27-20)17-30-14-12-22(13-15-30)25-28-29-26(31(25)18-24-11-6-16-32-24)33-19-21-8-3-2-4-9-21/h5,7,10,21-22,24H,2-4,6,8-9,11-19H2,1H3/t24-/m1/s1. The Labute approximate surface area is 202 Å². The van der Waals surface area contributed by atoms with E-state index in [0.29, 0.717) is 12.0 Å². The molecule has 2 aliphatic heterocycles. The lowest BCUT2D eigenvalue weighted by Crippen LogP contribution is -2.34. The Bertz CT molecular complexity index is 883. The number of aromatic nitrogens is 4. The molecule has 1 aliphatic carbocycles. The van der Waals surface area contributed by atoms with Gasteiger partial charge < -0.3 is 9.30 Å². The first-order chi connectivity index (χ1) is 16.2. The SMILES string of the molecule is Cc1cccc(CN2CCC(c3nnc(SCC4CCCCC4)n3C[C@H]3CCCO3)CC2)n1. The molecule has 0 spiro atoms. The molecule has 0 bridgehead atoms. The molecule has 1 saturated carbocycles. The van der Waals surface area contributed by atoms with Crippen LogP contribution in [0.1, 0.15) is 80.9 Å². The lowest BCUT2D eigenvalue weighted by Gasteiger charge is -2.31. The van der Waals surface area contributed by atoms with Gasteiger partial charge >= 0.3 is 0 Å². The van der Waals surface area contributed by atoms with Gasteiger partial charge in [0.15, 0.2) is 5.16 Å². The van der Waals surface area contributed by atoms with Crippen LogP contribution in [0.25, 0.3) is 0 Å². The smallest absolute Gasteiger partial charge is 0.191 e. The molecule has 0 unspecified atom stereocenters. The maximum Gasteiger partial charge on any atom is 0.191 e. The molecule has 33 heavy (non-hydrogen) atoms. The van der Waals surface area contributed by atoms with E-state index >= 15 is 0 Å². The van der Waals surface area contributed by atoms with Gasteiger partial charge in [-0.3, -0.25) is 9.88 Å². The van der Waals surface area contributed by atoms with Crippen molar-refractivity contribution in [2.75, 3.05) is 25.4 Å². The summed E-state index contributed by atoms with van der Waals surface area (Å²) in [5.74, 6) is 3.72. The number of aryl methyl sites for hydroxylation is 1. The van der Waals surface area contributed by atoms with Crippen LogP contribution >= 0.6 is 11.8 Å². The average molecular weight is 470 g/mol. The highest BCUT2D eigenvalue weighted by Gasteiger charge is 2.29. The molecule has 0 amide bonds. The lowest BCUT2D eigenvalue weighted by molar-refractivity contribution is 0.0931. The summed E-state index contributed by atoms with van der Waals surface area (Å²) in [5, 5.41) is 10.6. The Hall–Kier alpha value is -1.44. The number of ether oxygens (including phenoxy) is 1. The number of rotatable bonds is 8. The number of hydrogen-bond donors (Lipinski definition) is 0. The van der Waals surface area contributed by atoms with Gasteiger partial charge in [-0.15, -0.1) is 10.2 Å². The molecule has 4 heterocycles. The summed E-state index contributed by atoms with van der Waals surface area (Å²) >= 11 is 1.94. The third-order valence-electron chi connectivity index (χ3n) is 7.61. The Morgan fingerprint density at radius 3 is 2.61 bits per heavy atom. The molecule has 180 valence electrons. The zero-order valence-corrected chi connectivity index (χ0v) is 20.9. The summed E-state index contributed by atoms with van der Waals surface area (Å²) in [6.45, 7) is 7.02. The van der Waals surface area contributed by atoms with Crippen LogP contribution in [0.2, 0.25) is 0 Å². The van der Waals surface area contributed by atoms with Crippen LogP contribution in [0, 0.1) is 12.8 Å². The minimum absolute atomic E-state index is 0.321. The van der Waals surface area contributed by atoms with Crippen LogP contribution in [0.15, 0.2) is 23.4 Å². The van der Waals surface area contributed by atoms with Crippen molar-refractivity contribution in [2.24, 2.45) is 5.92 Å². The van der Waals surface area contributed by atoms with Gasteiger partial charge in [-0.05, 0) is 76.6 Å². The maximum atomic E-state index is 6.01. The van der Waals surface area contributed by atoms with E-state index in [1.165, 1.54) is 55.8 Å². The van der Waals surface area contributed by atoms with Crippen LogP contribution < -0.4 is 0 Å². The highest BCUT2D eigenvalue weighted by molar-refractivity contribution is 7.99. The zero-order chi connectivity index (χ0) is 22.5. The molecule has 6 nitrogen and oxygen atoms in total. The van der Waals surface area contributed by atoms with Gasteiger partial charge in [-0.2, -0.15) is 0 Å². The number of thioether (sulfide) groups is 1. The second-order valence-corrected chi connectivity index (χ2v) is 11.2. The van der Waals surface area contributed by atoms with Crippen molar-refractivity contribution in [1.29, 1.82) is 0 Å². The Morgan fingerprint density at radius 1 is 1.00 bits per heavy atom. The summed E-state index contributed by atoms with van der Waals surface area (Å²) in [4.78, 5) is 7.23. The predicted octanol–water partition coefficient (Wildman–Crippen LogP) is 5.21. The molecule has 1 atom stereocenters. The van der Waals surface area contributed by atoms with Crippen LogP contribution in [0.5, 0.6) is 0 Å². The fourth-order valence-corrected chi connectivity index (χ4v) is 6.83. The van der Waals surface area contributed by atoms with Gasteiger partial charge in [-0.25, -0.2) is 0 Å². The van der Waals surface area contributed by atoms with Crippen molar-refractivity contribution in [3.8, 4) is 0 Å². The number of nitrogens with zero attached hydrogens (tertiary/aromatic N) is 5. The molecular formula is C26H39N5OS. The summed E-state index contributed by atoms with van der Waals surface area (Å²) in [7, 11) is 0. The second-order valence-electron chi connectivity index (χ2n) is 10.2. The third kappa shape index (κ3) is 6.17. The minimum atomic E-state index is 0.321. The van der Waals surface area contributed by atoms with E-state index in [1.807, 2.05) is 11.8 Å². The van der Waals surface area contributed by atoms with Crippen molar-refractivity contribution in [3.05, 3.63) is 35.4 Å². The number of hydrogen-bond acceptors (Lipinski definition) is 6. The van der Waals surface area contributed by atoms with E-state index < -0.39 is 0 Å². The number of likely N-dealkylation sites (tertiary alicyclic amines) is 1. The first-order valence-corrected chi connectivity index (χ1v) is 14.1. The van der Waals surface area contributed by atoms with E-state index in [0.717, 1.165) is 68.8 Å². The molecule has 7 heteroatoms. The summed E-state index contributed by atoms with van der Waals surface area (Å²) in [5.41, 5.74) is 2.28. The quantitative estimate of drug-likeness (QED) is 0.495. The molecule has 2 aromatic heterocycles. The molecule has 3 fully saturated rings. The van der Waals surface area contributed by atoms with Gasteiger partial charge in [0, 0.05) is 30.5 Å². The van der Waals surface area contributed by atoms with E-state index in [2.05, 4.69) is 34.6 Å². The highest BCUT2D eigenvalue weighted by atomic mass is 32.2. The lowest BCUT2D eigenvalue weighted by atomic mass is 9.91. The molecule has 2 saturated heterocycles. The Morgan fingerprint density at radius 2 is 1.85 bits per heavy atom. The fraction of sp³-hybridized carbons (Fsp3) is 0.731. The predicted molar refractivity (Wildman–Crippen MR) is 133 cm³/mol. The molecule has 0 radical (unpaired) electrons. The molecule has 0 N–H and O–H groups in total. The number of piperidine rings is 1. The van der Waals surface area contributed by atoms with Crippen LogP contribution in [0.3, 0.4) is 0 Å². The van der Waals surface area contributed by atoms with Gasteiger partial charge in [0.25, 0.3) is 0 Å². The Kier molecular flexibility index (Phi) is 8.00. The molecular weight excluding hydrogens is 430 g/mol. The molecule has 0 aromatic carbocycles. The van der Waals surface area contributed by atoms with Crippen molar-refractivity contribution in [2.45, 2.75) is 95.0 Å². The van der Waals surface area contributed by atoms with E-state index in [4.69, 9.17) is 19.9 Å². The zero-order valence-electron chi connectivity index (χ0n) is 20.1. The summed E-state index contributed by atoms with van der Waals surface area (Å²) < 4.78 is 8.45. The first kappa shape index (κ1) is 23.3. The number of pyridine rings is 1. The van der Waals surface area contributed by atoms with Crippen LogP contribution in [-0.4, -0.2) is 56.2 Å². The Balaban J connectivity index is 1.23. The second kappa shape index (κ2) is 11.3. The van der Waals surface area contributed by atoms with Crippen molar-refractivity contribution in [1.82, 2.24) is 24.6 Å². The van der Waals surface area contributed by atoms with E-state index in [9.17, 15) is 0 Å². The largest absolute Gasteiger partial charge is 0.376 e. The monoisotopic (exact) mass is 469 g/mol. The normalized spacial score (nSPS) is 23.4. The van der Waals surface area contributed by atoms with Gasteiger partial charge in [0.05, 0.1) is 18.3 Å². The van der Waals surface area contributed by atoms with Crippen molar-refractivity contribution in [3.63, 3.8) is 0 Å². The van der Waals surface area contributed by atoms with Gasteiger partial charge in [-0.1, -0.05) is 37.1 Å². The minimum Gasteiger partial charge on any atom is -0.376 e. The highest BCUT2D eigenvalue weighted by Crippen LogP contribution is 2.33. The van der Waals surface area contributed by atoms with Gasteiger partial charge in [0.2, 0.25) is 0 Å². The van der Waals surface area contributed by atoms with E-state index in [1.54, 1.807) is 0 Å². The van der Waals surface area contributed by atoms with Crippen LogP contribution in [-0.2, 0) is 17.8 Å². The average Bonchev–Trinajstić information content (AvgIpc) is 3.50. The molecule has 3 aliphatic rings. The maximum absolute atomic E-state index is 6.01. The van der Waals surface area contributed by atoms with Crippen molar-refractivity contribution < 1.29 is 4.74 Å². The first-order valence-electron chi connectivity index (χ1n) is 13.1. The summed E-state index contributed by atoms with van der Waals surface area (Å²) in [6.07, 6.45) is 11.9. The summed E-state index contributed by atoms with van der Waals surface area (Å²) in [6, 6.07) is 6.33.